The van der Waals surface area contributed by atoms with Gasteiger partial charge >= 0.3 is 118 Å². The van der Waals surface area contributed by atoms with Crippen molar-refractivity contribution in [1.29, 1.82) is 0 Å². The second-order valence-corrected chi connectivity index (χ2v) is 6.99. The first-order valence-corrected chi connectivity index (χ1v) is 9.88. The van der Waals surface area contributed by atoms with E-state index in [1.807, 2.05) is 0 Å². The number of phosphoric acid groups is 2. The smallest absolute Gasteiger partial charge is 0.780 e. The van der Waals surface area contributed by atoms with E-state index in [0.717, 1.165) is 12.7 Å². The van der Waals surface area contributed by atoms with Crippen LogP contribution >= 0.6 is 15.6 Å². The fraction of sp³-hybridized carbons (Fsp3) is 0.0667. The molecule has 0 spiro atoms. The van der Waals surface area contributed by atoms with Crippen LogP contribution in [0.25, 0.3) is 12.2 Å². The Labute approximate surface area is 262 Å². The molecule has 0 radical (unpaired) electrons. The Morgan fingerprint density at radius 2 is 1.23 bits per heavy atom. The van der Waals surface area contributed by atoms with Crippen LogP contribution in [0.15, 0.2) is 42.5 Å². The Morgan fingerprint density at radius 3 is 1.70 bits per heavy atom. The number of rotatable bonds is 7. The summed E-state index contributed by atoms with van der Waals surface area (Å²) in [5, 5.41) is 0. The molecule has 0 aliphatic carbocycles. The SMILES string of the molecule is COc1ccc(/C=C\c2ccccc2)c(OP(=O)([O-])[O-])c1OP(=O)([O-])[O-].[Na+].[Na+].[Na+].[Na+]. The minimum atomic E-state index is -5.60. The molecule has 30 heavy (non-hydrogen) atoms. The molecule has 140 valence electrons. The molecular weight excluding hydrogens is 478 g/mol. The fourth-order valence-corrected chi connectivity index (χ4v) is 2.81. The van der Waals surface area contributed by atoms with Gasteiger partial charge in [0.15, 0.2) is 11.5 Å². The van der Waals surface area contributed by atoms with Crippen LogP contribution in [0.4, 0.5) is 0 Å². The minimum absolute atomic E-state index is 0. The van der Waals surface area contributed by atoms with Gasteiger partial charge in [0.25, 0.3) is 0 Å². The van der Waals surface area contributed by atoms with E-state index < -0.39 is 27.1 Å². The quantitative estimate of drug-likeness (QED) is 0.209. The van der Waals surface area contributed by atoms with Gasteiger partial charge in [0.2, 0.25) is 5.75 Å². The molecule has 2 aromatic rings. The van der Waals surface area contributed by atoms with Crippen molar-refractivity contribution in [2.24, 2.45) is 0 Å². The second-order valence-electron chi connectivity index (χ2n) is 4.84. The summed E-state index contributed by atoms with van der Waals surface area (Å²) in [6.07, 6.45) is 2.90. The Hall–Kier alpha value is 1.88. The van der Waals surface area contributed by atoms with Crippen LogP contribution in [0.5, 0.6) is 17.2 Å². The van der Waals surface area contributed by atoms with Crippen LogP contribution in [0.2, 0.25) is 0 Å². The summed E-state index contributed by atoms with van der Waals surface area (Å²) in [6.45, 7) is 0. The van der Waals surface area contributed by atoms with E-state index >= 15 is 0 Å². The van der Waals surface area contributed by atoms with E-state index in [1.165, 1.54) is 18.2 Å². The molecular formula is C15H12Na4O9P2. The molecule has 0 saturated carbocycles. The molecule has 9 nitrogen and oxygen atoms in total. The van der Waals surface area contributed by atoms with E-state index in [9.17, 15) is 28.7 Å². The molecule has 0 atom stereocenters. The van der Waals surface area contributed by atoms with Gasteiger partial charge in [-0.15, -0.1) is 0 Å². The van der Waals surface area contributed by atoms with Crippen molar-refractivity contribution in [2.75, 3.05) is 7.11 Å². The first-order chi connectivity index (χ1) is 12.1. The third-order valence-corrected chi connectivity index (χ3v) is 3.80. The zero-order chi connectivity index (χ0) is 19.4. The van der Waals surface area contributed by atoms with Crippen molar-refractivity contribution >= 4 is 27.8 Å². The minimum Gasteiger partial charge on any atom is -0.780 e. The summed E-state index contributed by atoms with van der Waals surface area (Å²) in [4.78, 5) is 44.0. The third kappa shape index (κ3) is 12.9. The van der Waals surface area contributed by atoms with Crippen LogP contribution < -0.4 is 152 Å². The number of ether oxygens (including phenoxy) is 1. The fourth-order valence-electron chi connectivity index (χ4n) is 2.01. The van der Waals surface area contributed by atoms with Gasteiger partial charge in [0.05, 0.1) is 7.11 Å². The maximum atomic E-state index is 11.0. The van der Waals surface area contributed by atoms with Gasteiger partial charge < -0.3 is 42.5 Å². The normalized spacial score (nSPS) is 10.6. The van der Waals surface area contributed by atoms with Crippen molar-refractivity contribution < 1.29 is 161 Å². The van der Waals surface area contributed by atoms with E-state index in [-0.39, 0.29) is 130 Å². The van der Waals surface area contributed by atoms with Gasteiger partial charge in [-0.3, -0.25) is 0 Å². The number of benzene rings is 2. The summed E-state index contributed by atoms with van der Waals surface area (Å²) in [7, 11) is -10.1. The first kappa shape index (κ1) is 36.4. The average molecular weight is 490 g/mol. The summed E-state index contributed by atoms with van der Waals surface area (Å²) < 4.78 is 35.4. The van der Waals surface area contributed by atoms with E-state index in [1.54, 1.807) is 36.4 Å². The van der Waals surface area contributed by atoms with Crippen LogP contribution in [-0.4, -0.2) is 7.11 Å². The molecule has 0 aromatic heterocycles. The van der Waals surface area contributed by atoms with E-state index in [0.29, 0.717) is 0 Å². The number of methoxy groups -OCH3 is 1. The molecule has 2 rings (SSSR count). The van der Waals surface area contributed by atoms with Gasteiger partial charge in [0, 0.05) is 5.56 Å². The van der Waals surface area contributed by atoms with Crippen LogP contribution in [0.3, 0.4) is 0 Å². The molecule has 0 unspecified atom stereocenters. The molecule has 0 saturated heterocycles. The zero-order valence-electron chi connectivity index (χ0n) is 17.3. The predicted molar refractivity (Wildman–Crippen MR) is 84.8 cm³/mol. The monoisotopic (exact) mass is 490 g/mol. The van der Waals surface area contributed by atoms with Gasteiger partial charge in [-0.2, -0.15) is 0 Å². The van der Waals surface area contributed by atoms with Crippen molar-refractivity contribution in [3.8, 4) is 17.2 Å². The van der Waals surface area contributed by atoms with Crippen LogP contribution in [0, 0.1) is 0 Å². The van der Waals surface area contributed by atoms with Crippen molar-refractivity contribution in [2.45, 2.75) is 0 Å². The van der Waals surface area contributed by atoms with Crippen molar-refractivity contribution in [3.63, 3.8) is 0 Å². The molecule has 0 bridgehead atoms. The van der Waals surface area contributed by atoms with Crippen LogP contribution in [-0.2, 0) is 9.13 Å². The summed E-state index contributed by atoms with van der Waals surface area (Å²) in [5.74, 6) is -1.91. The average Bonchev–Trinajstić information content (AvgIpc) is 2.53. The molecule has 0 amide bonds. The topological polar surface area (TPSA) is 154 Å². The Kier molecular flexibility index (Phi) is 20.0. The summed E-state index contributed by atoms with van der Waals surface area (Å²) >= 11 is 0. The van der Waals surface area contributed by atoms with Gasteiger partial charge in [-0.05, 0) is 17.7 Å². The molecule has 0 heterocycles. The number of phosphoric ester groups is 2. The number of hydrogen-bond donors (Lipinski definition) is 0. The second kappa shape index (κ2) is 16.5. The summed E-state index contributed by atoms with van der Waals surface area (Å²) in [6, 6.07) is 11.3. The molecule has 2 aromatic carbocycles. The first-order valence-electron chi connectivity index (χ1n) is 6.96. The predicted octanol–water partition coefficient (Wildman–Crippen LogP) is -11.7. The Morgan fingerprint density at radius 1 is 0.733 bits per heavy atom. The third-order valence-electron chi connectivity index (χ3n) is 2.99. The molecule has 0 aliphatic heterocycles. The molecule has 0 aliphatic rings. The zero-order valence-corrected chi connectivity index (χ0v) is 27.1. The Bertz CT molecular complexity index is 900. The molecule has 15 heteroatoms. The van der Waals surface area contributed by atoms with Gasteiger partial charge in [-0.1, -0.05) is 42.5 Å². The largest absolute Gasteiger partial charge is 1.00 e. The Balaban J connectivity index is -0.00000182. The van der Waals surface area contributed by atoms with Gasteiger partial charge in [0.1, 0.15) is 15.6 Å². The van der Waals surface area contributed by atoms with Crippen molar-refractivity contribution in [1.82, 2.24) is 0 Å². The molecule has 0 N–H and O–H groups in total. The van der Waals surface area contributed by atoms with E-state index in [2.05, 4.69) is 9.05 Å². The maximum absolute atomic E-state index is 11.0. The summed E-state index contributed by atoms with van der Waals surface area (Å²) in [5.41, 5.74) is 0.701. The van der Waals surface area contributed by atoms with Crippen LogP contribution in [0.1, 0.15) is 11.1 Å². The number of hydrogen-bond acceptors (Lipinski definition) is 9. The molecule has 0 fully saturated rings. The maximum Gasteiger partial charge on any atom is 1.00 e. The van der Waals surface area contributed by atoms with Gasteiger partial charge in [-0.25, -0.2) is 0 Å². The van der Waals surface area contributed by atoms with E-state index in [4.69, 9.17) is 4.74 Å². The van der Waals surface area contributed by atoms with Crippen molar-refractivity contribution in [3.05, 3.63) is 53.6 Å². The standard InChI is InChI=1S/C15H16O9P2.4Na/c1-22-13-10-9-12(8-7-11-5-3-2-4-6-11)14(23-25(16,17)18)15(13)24-26(19,20)21;;;;/h2-10H,1H3,(H2,16,17,18)(H2,19,20,21);;;;/q;4*+1/p-4/b8-7-;;;;.